The summed E-state index contributed by atoms with van der Waals surface area (Å²) in [5, 5.41) is 0. The SMILES string of the molecule is Cc1ccccn1.O=P([O-])([O-])OP(=O)([O-])OP(=O)([O-])OP(=O)([O-])[O-].[Na+].[Na+].[Na+].[Na+].[Na+].[Na+]. The maximum absolute atomic E-state index is 10.4. The second kappa shape index (κ2) is 23.8. The van der Waals surface area contributed by atoms with Gasteiger partial charge >= 0.3 is 177 Å². The first kappa shape index (κ1) is 52.2. The predicted molar refractivity (Wildman–Crippen MR) is 62.7 cm³/mol. The van der Waals surface area contributed by atoms with E-state index in [1.165, 1.54) is 0 Å². The van der Waals surface area contributed by atoms with Gasteiger partial charge in [-0.3, -0.25) is 22.7 Å². The van der Waals surface area contributed by atoms with Gasteiger partial charge in [-0.05, 0) is 19.1 Å². The van der Waals surface area contributed by atoms with E-state index < -0.39 is 31.3 Å². The van der Waals surface area contributed by atoms with Crippen LogP contribution in [0.1, 0.15) is 5.69 Å². The van der Waals surface area contributed by atoms with E-state index in [1.54, 1.807) is 6.20 Å². The number of phosphoric acid groups is 4. The van der Waals surface area contributed by atoms with E-state index in [2.05, 4.69) is 17.9 Å². The first-order valence-corrected chi connectivity index (χ1v) is 11.0. The molecule has 140 valence electrons. The monoisotopic (exact) mass is 563 g/mol. The van der Waals surface area contributed by atoms with Crippen molar-refractivity contribution < 1.29 is 238 Å². The Hall–Kier alpha value is 5.71. The summed E-state index contributed by atoms with van der Waals surface area (Å²) in [4.78, 5) is 64.0. The van der Waals surface area contributed by atoms with E-state index in [9.17, 15) is 47.6 Å². The molecule has 0 bridgehead atoms. The first-order valence-electron chi connectivity index (χ1n) is 5.19. The van der Waals surface area contributed by atoms with Crippen molar-refractivity contribution in [2.24, 2.45) is 0 Å². The van der Waals surface area contributed by atoms with Crippen LogP contribution < -0.4 is 207 Å². The third-order valence-electron chi connectivity index (χ3n) is 1.41. The van der Waals surface area contributed by atoms with Crippen LogP contribution in [0, 0.1) is 6.92 Å². The van der Waals surface area contributed by atoms with Gasteiger partial charge in [-0.15, -0.1) is 0 Å². The zero-order valence-corrected chi connectivity index (χ0v) is 32.9. The fourth-order valence-electron chi connectivity index (χ4n) is 0.845. The summed E-state index contributed by atoms with van der Waals surface area (Å²) in [6, 6.07) is 5.86. The molecule has 0 amide bonds. The van der Waals surface area contributed by atoms with Crippen LogP contribution in [0.3, 0.4) is 0 Å². The number of aryl methyl sites for hydroxylation is 1. The van der Waals surface area contributed by atoms with Crippen LogP contribution in [-0.2, 0) is 31.2 Å². The van der Waals surface area contributed by atoms with Crippen LogP contribution in [0.5, 0.6) is 0 Å². The molecule has 14 nitrogen and oxygen atoms in total. The average Bonchev–Trinajstić information content (AvgIpc) is 2.21. The van der Waals surface area contributed by atoms with Crippen molar-refractivity contribution >= 4 is 31.3 Å². The average molecular weight is 563 g/mol. The maximum atomic E-state index is 10.4. The first-order chi connectivity index (χ1) is 10.5. The van der Waals surface area contributed by atoms with E-state index in [0.717, 1.165) is 5.69 Å². The van der Waals surface area contributed by atoms with Crippen molar-refractivity contribution in [2.45, 2.75) is 6.92 Å². The zero-order valence-electron chi connectivity index (χ0n) is 17.4. The van der Waals surface area contributed by atoms with E-state index >= 15 is 0 Å². The van der Waals surface area contributed by atoms with E-state index in [1.807, 2.05) is 25.1 Å². The van der Waals surface area contributed by atoms with Gasteiger partial charge in [0.25, 0.3) is 15.6 Å². The molecule has 0 saturated heterocycles. The minimum Gasteiger partial charge on any atom is -0.790 e. The van der Waals surface area contributed by atoms with E-state index in [4.69, 9.17) is 0 Å². The molecule has 0 saturated carbocycles. The van der Waals surface area contributed by atoms with Crippen molar-refractivity contribution in [3.05, 3.63) is 30.1 Å². The topological polar surface area (TPSA) is 247 Å². The molecule has 1 rings (SSSR count). The predicted octanol–water partition coefficient (Wildman–Crippen LogP) is -21.0. The Morgan fingerprint density at radius 1 is 0.667 bits per heavy atom. The van der Waals surface area contributed by atoms with Gasteiger partial charge in [0, 0.05) is 11.9 Å². The Morgan fingerprint density at radius 2 is 1.00 bits per heavy atom. The van der Waals surface area contributed by atoms with Gasteiger partial charge < -0.3 is 38.5 Å². The summed E-state index contributed by atoms with van der Waals surface area (Å²) in [5.41, 5.74) is 1.07. The molecule has 24 heteroatoms. The maximum Gasteiger partial charge on any atom is 1.00 e. The zero-order chi connectivity index (χ0) is 19.2. The Kier molecular flexibility index (Phi) is 41.4. The van der Waals surface area contributed by atoms with Crippen molar-refractivity contribution in [3.63, 3.8) is 0 Å². The molecule has 0 aliphatic heterocycles. The van der Waals surface area contributed by atoms with Crippen molar-refractivity contribution in [1.82, 2.24) is 4.98 Å². The van der Waals surface area contributed by atoms with Crippen LogP contribution in [-0.4, -0.2) is 4.98 Å². The van der Waals surface area contributed by atoms with Crippen LogP contribution in [0.4, 0.5) is 0 Å². The molecule has 0 radical (unpaired) electrons. The van der Waals surface area contributed by atoms with E-state index in [-0.39, 0.29) is 177 Å². The molecule has 0 aliphatic carbocycles. The Bertz CT molecular complexity index is 688. The van der Waals surface area contributed by atoms with E-state index in [0.29, 0.717) is 0 Å². The van der Waals surface area contributed by atoms with Crippen LogP contribution >= 0.6 is 31.3 Å². The minimum atomic E-state index is -6.26. The molecule has 0 N–H and O–H groups in total. The second-order valence-electron chi connectivity index (χ2n) is 3.50. The van der Waals surface area contributed by atoms with Gasteiger partial charge in [0.15, 0.2) is 0 Å². The van der Waals surface area contributed by atoms with Crippen molar-refractivity contribution in [1.29, 1.82) is 0 Å². The summed E-state index contributed by atoms with van der Waals surface area (Å²) >= 11 is 0. The fourth-order valence-corrected chi connectivity index (χ4v) is 4.56. The normalized spacial score (nSPS) is 13.7. The fraction of sp³-hybridized carbons (Fsp3) is 0.167. The molecule has 1 heterocycles. The number of hydrogen-bond donors (Lipinski definition) is 0. The van der Waals surface area contributed by atoms with Gasteiger partial charge in [0.05, 0.1) is 15.6 Å². The molecule has 2 unspecified atom stereocenters. The number of aromatic nitrogens is 1. The second-order valence-corrected chi connectivity index (χ2v) is 9.04. The Morgan fingerprint density at radius 3 is 1.17 bits per heavy atom. The molecule has 0 fully saturated rings. The van der Waals surface area contributed by atoms with Gasteiger partial charge in [0.2, 0.25) is 0 Å². The number of nitrogens with zero attached hydrogens (tertiary/aromatic N) is 1. The van der Waals surface area contributed by atoms with Crippen LogP contribution in [0.25, 0.3) is 0 Å². The van der Waals surface area contributed by atoms with Gasteiger partial charge in [0.1, 0.15) is 0 Å². The summed E-state index contributed by atoms with van der Waals surface area (Å²) in [6.07, 6.45) is 1.79. The standard InChI is InChI=1S/C6H7N.6Na.H6O13P4/c1-6-4-2-3-5-7-6;;;;;;;1-14(2,3)11-16(7,8)13-17(9,10)12-15(4,5)6/h2-5H,1H3;;;;;;;(H,7,8)(H,9,10)(H2,1,2,3)(H2,4,5,6)/q;6*+1;/p-6. The largest absolute Gasteiger partial charge is 1.00 e. The molecule has 2 atom stereocenters. The Labute approximate surface area is 305 Å². The quantitative estimate of drug-likeness (QED) is 0.230. The minimum absolute atomic E-state index is 0. The molecule has 0 spiro atoms. The molecular weight excluding hydrogens is 556 g/mol. The number of pyridine rings is 1. The number of rotatable bonds is 6. The van der Waals surface area contributed by atoms with Crippen molar-refractivity contribution in [3.8, 4) is 0 Å². The molecule has 0 aliphatic rings. The smallest absolute Gasteiger partial charge is 0.790 e. The van der Waals surface area contributed by atoms with Gasteiger partial charge in [-0.1, -0.05) is 6.07 Å². The molecule has 1 aromatic heterocycles. The Balaban J connectivity index is -0.0000000706. The summed E-state index contributed by atoms with van der Waals surface area (Å²) < 4.78 is 48.5. The molecular formula is C6H7NNa6O13P4. The van der Waals surface area contributed by atoms with Crippen molar-refractivity contribution in [2.75, 3.05) is 0 Å². The summed E-state index contributed by atoms with van der Waals surface area (Å²) in [5.74, 6) is 0. The summed E-state index contributed by atoms with van der Waals surface area (Å²) in [7, 11) is -24.9. The van der Waals surface area contributed by atoms with Gasteiger partial charge in [-0.25, -0.2) is 4.31 Å². The van der Waals surface area contributed by atoms with Crippen LogP contribution in [0.2, 0.25) is 0 Å². The third kappa shape index (κ3) is 35.9. The molecule has 1 aromatic rings. The third-order valence-corrected chi connectivity index (χ3v) is 6.21. The number of hydrogen-bond acceptors (Lipinski definition) is 14. The molecule has 30 heavy (non-hydrogen) atoms. The van der Waals surface area contributed by atoms with Crippen LogP contribution in [0.15, 0.2) is 24.4 Å². The van der Waals surface area contributed by atoms with Gasteiger partial charge in [-0.2, -0.15) is 0 Å². The summed E-state index contributed by atoms with van der Waals surface area (Å²) in [6.45, 7) is 1.97. The molecule has 0 aromatic carbocycles.